The van der Waals surface area contributed by atoms with Gasteiger partial charge in [0.25, 0.3) is 5.91 Å². The highest BCUT2D eigenvalue weighted by Crippen LogP contribution is 2.27. The first-order chi connectivity index (χ1) is 9.69. The second-order valence-corrected chi connectivity index (χ2v) is 5.36. The molecule has 0 bridgehead atoms. The van der Waals surface area contributed by atoms with Crippen LogP contribution < -0.4 is 5.32 Å². The van der Waals surface area contributed by atoms with Gasteiger partial charge in [0.1, 0.15) is 0 Å². The number of likely N-dealkylation sites (tertiary alicyclic amines) is 1. The number of aliphatic hydroxyl groups excluding tert-OH is 1. The molecule has 2 rings (SSSR count). The Morgan fingerprint density at radius 3 is 3.10 bits per heavy atom. The van der Waals surface area contributed by atoms with Gasteiger partial charge >= 0.3 is 0 Å². The summed E-state index contributed by atoms with van der Waals surface area (Å²) >= 11 is 0. The minimum Gasteiger partial charge on any atom is -0.394 e. The highest BCUT2D eigenvalue weighted by Gasteiger charge is 2.34. The molecule has 0 spiro atoms. The van der Waals surface area contributed by atoms with E-state index in [-0.39, 0.29) is 18.6 Å². The Hall–Kier alpha value is -1.62. The molecule has 110 valence electrons. The lowest BCUT2D eigenvalue weighted by Crippen LogP contribution is -2.40. The molecule has 2 atom stereocenters. The van der Waals surface area contributed by atoms with Crippen LogP contribution in [0.1, 0.15) is 37.0 Å². The lowest BCUT2D eigenvalue weighted by atomic mass is 10.0. The molecular formula is C15H23N3O2. The summed E-state index contributed by atoms with van der Waals surface area (Å²) in [5.74, 6) is 0.326. The van der Waals surface area contributed by atoms with E-state index in [1.165, 1.54) is 0 Å². The van der Waals surface area contributed by atoms with Crippen molar-refractivity contribution in [1.29, 1.82) is 0 Å². The van der Waals surface area contributed by atoms with Crippen LogP contribution in [0.25, 0.3) is 0 Å². The monoisotopic (exact) mass is 277 g/mol. The summed E-state index contributed by atoms with van der Waals surface area (Å²) in [5.41, 5.74) is 1.41. The van der Waals surface area contributed by atoms with Crippen LogP contribution in [0.2, 0.25) is 0 Å². The number of anilines is 1. The summed E-state index contributed by atoms with van der Waals surface area (Å²) in [7, 11) is 0. The molecule has 1 aromatic rings. The normalized spacial score (nSPS) is 22.1. The molecule has 1 fully saturated rings. The predicted octanol–water partition coefficient (Wildman–Crippen LogP) is 1.75. The van der Waals surface area contributed by atoms with Gasteiger partial charge in [-0.2, -0.15) is 0 Å². The summed E-state index contributed by atoms with van der Waals surface area (Å²) < 4.78 is 0. The van der Waals surface area contributed by atoms with Crippen molar-refractivity contribution in [3.05, 3.63) is 24.0 Å². The minimum absolute atomic E-state index is 0.0191. The SMILES string of the molecule is CCCNc1cnccc1C(=O)N1CCC(C)C1CO. The van der Waals surface area contributed by atoms with Gasteiger partial charge in [0.15, 0.2) is 0 Å². The number of nitrogens with zero attached hydrogens (tertiary/aromatic N) is 2. The highest BCUT2D eigenvalue weighted by atomic mass is 16.3. The van der Waals surface area contributed by atoms with Gasteiger partial charge < -0.3 is 15.3 Å². The van der Waals surface area contributed by atoms with Gasteiger partial charge in [-0.25, -0.2) is 0 Å². The number of carbonyl (C=O) groups is 1. The number of rotatable bonds is 5. The molecule has 1 aromatic heterocycles. The fourth-order valence-corrected chi connectivity index (χ4v) is 2.67. The average molecular weight is 277 g/mol. The maximum atomic E-state index is 12.7. The molecule has 0 aliphatic carbocycles. The Bertz CT molecular complexity index is 464. The number of aromatic nitrogens is 1. The van der Waals surface area contributed by atoms with E-state index in [1.807, 2.05) is 0 Å². The maximum absolute atomic E-state index is 12.7. The fraction of sp³-hybridized carbons (Fsp3) is 0.600. The van der Waals surface area contributed by atoms with Crippen molar-refractivity contribution in [2.45, 2.75) is 32.7 Å². The number of aliphatic hydroxyl groups is 1. The zero-order valence-electron chi connectivity index (χ0n) is 12.2. The topological polar surface area (TPSA) is 65.5 Å². The molecule has 1 aliphatic rings. The van der Waals surface area contributed by atoms with Crippen LogP contribution >= 0.6 is 0 Å². The van der Waals surface area contributed by atoms with Crippen molar-refractivity contribution in [2.75, 3.05) is 25.0 Å². The molecular weight excluding hydrogens is 254 g/mol. The van der Waals surface area contributed by atoms with E-state index >= 15 is 0 Å². The van der Waals surface area contributed by atoms with Gasteiger partial charge in [-0.15, -0.1) is 0 Å². The van der Waals surface area contributed by atoms with Crippen LogP contribution in [-0.2, 0) is 0 Å². The maximum Gasteiger partial charge on any atom is 0.256 e. The van der Waals surface area contributed by atoms with Crippen LogP contribution in [0, 0.1) is 5.92 Å². The largest absolute Gasteiger partial charge is 0.394 e. The third kappa shape index (κ3) is 2.93. The molecule has 2 unspecified atom stereocenters. The first-order valence-corrected chi connectivity index (χ1v) is 7.28. The molecule has 1 amide bonds. The third-order valence-electron chi connectivity index (χ3n) is 3.95. The van der Waals surface area contributed by atoms with Gasteiger partial charge in [-0.05, 0) is 24.8 Å². The summed E-state index contributed by atoms with van der Waals surface area (Å²) in [6.45, 7) is 5.70. The predicted molar refractivity (Wildman–Crippen MR) is 78.7 cm³/mol. The van der Waals surface area contributed by atoms with Gasteiger partial charge in [0.2, 0.25) is 0 Å². The quantitative estimate of drug-likeness (QED) is 0.860. The Morgan fingerprint density at radius 1 is 1.60 bits per heavy atom. The van der Waals surface area contributed by atoms with Crippen molar-refractivity contribution in [3.8, 4) is 0 Å². The number of carbonyl (C=O) groups excluding carboxylic acids is 1. The molecule has 0 saturated carbocycles. The van der Waals surface area contributed by atoms with E-state index in [0.717, 1.165) is 25.1 Å². The molecule has 0 aromatic carbocycles. The molecule has 20 heavy (non-hydrogen) atoms. The molecule has 5 nitrogen and oxygen atoms in total. The Morgan fingerprint density at radius 2 is 2.40 bits per heavy atom. The van der Waals surface area contributed by atoms with Crippen LogP contribution in [0.15, 0.2) is 18.5 Å². The van der Waals surface area contributed by atoms with Crippen LogP contribution in [-0.4, -0.2) is 46.6 Å². The van der Waals surface area contributed by atoms with E-state index in [0.29, 0.717) is 18.0 Å². The Kier molecular flexibility index (Phi) is 4.95. The van der Waals surface area contributed by atoms with Crippen LogP contribution in [0.5, 0.6) is 0 Å². The first-order valence-electron chi connectivity index (χ1n) is 7.28. The van der Waals surface area contributed by atoms with Crippen LogP contribution in [0.3, 0.4) is 0 Å². The summed E-state index contributed by atoms with van der Waals surface area (Å²) in [4.78, 5) is 18.6. The Labute approximate surface area is 120 Å². The van der Waals surface area contributed by atoms with Crippen molar-refractivity contribution < 1.29 is 9.90 Å². The van der Waals surface area contributed by atoms with Gasteiger partial charge in [-0.1, -0.05) is 13.8 Å². The highest BCUT2D eigenvalue weighted by molar-refractivity contribution is 5.99. The van der Waals surface area contributed by atoms with Crippen molar-refractivity contribution in [1.82, 2.24) is 9.88 Å². The van der Waals surface area contributed by atoms with Crippen LogP contribution in [0.4, 0.5) is 5.69 Å². The van der Waals surface area contributed by atoms with Gasteiger partial charge in [-0.3, -0.25) is 9.78 Å². The van der Waals surface area contributed by atoms with Crippen molar-refractivity contribution >= 4 is 11.6 Å². The van der Waals surface area contributed by atoms with E-state index in [2.05, 4.69) is 24.1 Å². The first kappa shape index (κ1) is 14.8. The average Bonchev–Trinajstić information content (AvgIpc) is 2.85. The third-order valence-corrected chi connectivity index (χ3v) is 3.95. The number of hydrogen-bond donors (Lipinski definition) is 2. The van der Waals surface area contributed by atoms with Gasteiger partial charge in [0.05, 0.1) is 30.1 Å². The van der Waals surface area contributed by atoms with Crippen molar-refractivity contribution in [3.63, 3.8) is 0 Å². The van der Waals surface area contributed by atoms with E-state index in [9.17, 15) is 9.90 Å². The number of pyridine rings is 1. The zero-order chi connectivity index (χ0) is 14.5. The summed E-state index contributed by atoms with van der Waals surface area (Å²) in [5, 5.41) is 12.7. The molecule has 2 N–H and O–H groups in total. The zero-order valence-corrected chi connectivity index (χ0v) is 12.2. The van der Waals surface area contributed by atoms with Gasteiger partial charge in [0, 0.05) is 19.3 Å². The lowest BCUT2D eigenvalue weighted by Gasteiger charge is -2.26. The molecule has 2 heterocycles. The number of hydrogen-bond acceptors (Lipinski definition) is 4. The van der Waals surface area contributed by atoms with E-state index in [1.54, 1.807) is 23.4 Å². The molecule has 1 aliphatic heterocycles. The second-order valence-electron chi connectivity index (χ2n) is 5.36. The summed E-state index contributed by atoms with van der Waals surface area (Å²) in [6.07, 6.45) is 5.26. The van der Waals surface area contributed by atoms with E-state index < -0.39 is 0 Å². The minimum atomic E-state index is -0.0744. The Balaban J connectivity index is 2.20. The molecule has 1 saturated heterocycles. The standard InChI is InChI=1S/C15H23N3O2/c1-3-6-17-13-9-16-7-4-12(13)15(20)18-8-5-11(2)14(18)10-19/h4,7,9,11,14,17,19H,3,5-6,8,10H2,1-2H3. The molecule has 5 heteroatoms. The smallest absolute Gasteiger partial charge is 0.256 e. The number of nitrogens with one attached hydrogen (secondary N) is 1. The van der Waals surface area contributed by atoms with E-state index in [4.69, 9.17) is 0 Å². The molecule has 0 radical (unpaired) electrons. The van der Waals surface area contributed by atoms with Crippen molar-refractivity contribution in [2.24, 2.45) is 5.92 Å². The lowest BCUT2D eigenvalue weighted by molar-refractivity contribution is 0.0649. The fourth-order valence-electron chi connectivity index (χ4n) is 2.67. The second kappa shape index (κ2) is 6.70. The summed E-state index contributed by atoms with van der Waals surface area (Å²) in [6, 6.07) is 1.67. The number of amides is 1.